The third-order valence-electron chi connectivity index (χ3n) is 2.41. The molecule has 9 heteroatoms. The number of carboxylic acid groups (broad SMARTS) is 3. The lowest BCUT2D eigenvalue weighted by molar-refractivity contribution is -0.527. The predicted octanol–water partition coefficient (Wildman–Crippen LogP) is -0.632. The Hall–Kier alpha value is -2.71. The van der Waals surface area contributed by atoms with Gasteiger partial charge < -0.3 is 15.3 Å². The molecule has 0 aromatic carbocycles. The van der Waals surface area contributed by atoms with Gasteiger partial charge in [0.15, 0.2) is 0 Å². The van der Waals surface area contributed by atoms with E-state index in [9.17, 15) is 24.5 Å². The minimum atomic E-state index is -2.75. The summed E-state index contributed by atoms with van der Waals surface area (Å²) in [5.74, 6) is -6.78. The third kappa shape index (κ3) is 1.93. The van der Waals surface area contributed by atoms with Crippen LogP contribution in [0.25, 0.3) is 0 Å². The van der Waals surface area contributed by atoms with Crippen LogP contribution in [0.1, 0.15) is 0 Å². The van der Waals surface area contributed by atoms with E-state index in [0.29, 0.717) is 18.2 Å². The Morgan fingerprint density at radius 2 is 1.83 bits per heavy atom. The molecule has 0 fully saturated rings. The molecular formula is C9H7NO8. The van der Waals surface area contributed by atoms with Crippen LogP contribution < -0.4 is 0 Å². The Kier molecular flexibility index (Phi) is 3.17. The highest BCUT2D eigenvalue weighted by atomic mass is 16.6. The lowest BCUT2D eigenvalue weighted by Crippen LogP contribution is -2.46. The van der Waals surface area contributed by atoms with E-state index in [2.05, 4.69) is 0 Å². The van der Waals surface area contributed by atoms with E-state index in [1.165, 1.54) is 0 Å². The average Bonchev–Trinajstić information content (AvgIpc) is 2.27. The zero-order valence-electron chi connectivity index (χ0n) is 8.64. The summed E-state index contributed by atoms with van der Waals surface area (Å²) in [5, 5.41) is 37.1. The van der Waals surface area contributed by atoms with E-state index in [0.717, 1.165) is 0 Å². The van der Waals surface area contributed by atoms with Crippen LogP contribution in [-0.4, -0.2) is 43.7 Å². The minimum Gasteiger partial charge on any atom is -0.481 e. The summed E-state index contributed by atoms with van der Waals surface area (Å²) in [4.78, 5) is 42.0. The molecule has 0 aromatic heterocycles. The SMILES string of the molecule is O=C(O)C1=CC(C(=O)O)([N+](=O)[O-])C=CC1C(=O)O. The van der Waals surface area contributed by atoms with Crippen molar-refractivity contribution < 1.29 is 34.6 Å². The second kappa shape index (κ2) is 4.28. The van der Waals surface area contributed by atoms with Crippen LogP contribution in [-0.2, 0) is 14.4 Å². The van der Waals surface area contributed by atoms with E-state index in [4.69, 9.17) is 15.3 Å². The maximum Gasteiger partial charge on any atom is 0.391 e. The van der Waals surface area contributed by atoms with Crippen molar-refractivity contribution in [2.75, 3.05) is 0 Å². The van der Waals surface area contributed by atoms with Gasteiger partial charge in [-0.3, -0.25) is 14.9 Å². The van der Waals surface area contributed by atoms with Crippen LogP contribution >= 0.6 is 0 Å². The Labute approximate surface area is 98.8 Å². The second-order valence-corrected chi connectivity index (χ2v) is 3.47. The maximum absolute atomic E-state index is 10.9. The molecular weight excluding hydrogens is 250 g/mol. The monoisotopic (exact) mass is 257 g/mol. The summed E-state index contributed by atoms with van der Waals surface area (Å²) < 4.78 is 0. The van der Waals surface area contributed by atoms with Crippen LogP contribution in [0.5, 0.6) is 0 Å². The van der Waals surface area contributed by atoms with Crippen molar-refractivity contribution in [2.45, 2.75) is 5.54 Å². The van der Waals surface area contributed by atoms with Crippen molar-refractivity contribution in [1.29, 1.82) is 0 Å². The first-order valence-electron chi connectivity index (χ1n) is 4.48. The van der Waals surface area contributed by atoms with Gasteiger partial charge in [-0.15, -0.1) is 0 Å². The average molecular weight is 257 g/mol. The maximum atomic E-state index is 10.9. The molecule has 0 amide bonds. The van der Waals surface area contributed by atoms with Crippen molar-refractivity contribution in [3.63, 3.8) is 0 Å². The van der Waals surface area contributed by atoms with Gasteiger partial charge in [0.2, 0.25) is 0 Å². The van der Waals surface area contributed by atoms with E-state index < -0.39 is 39.9 Å². The molecule has 2 atom stereocenters. The lowest BCUT2D eigenvalue weighted by atomic mass is 9.84. The first-order valence-corrected chi connectivity index (χ1v) is 4.48. The Morgan fingerprint density at radius 3 is 2.17 bits per heavy atom. The van der Waals surface area contributed by atoms with Gasteiger partial charge in [-0.2, -0.15) is 0 Å². The molecule has 0 saturated carbocycles. The quantitative estimate of drug-likeness (QED) is 0.341. The van der Waals surface area contributed by atoms with E-state index >= 15 is 0 Å². The summed E-state index contributed by atoms with van der Waals surface area (Å²) in [5.41, 5.74) is -3.61. The van der Waals surface area contributed by atoms with Crippen molar-refractivity contribution >= 4 is 17.9 Å². The summed E-state index contributed by atoms with van der Waals surface area (Å²) in [6.45, 7) is 0. The third-order valence-corrected chi connectivity index (χ3v) is 2.41. The van der Waals surface area contributed by atoms with Gasteiger partial charge in [-0.1, -0.05) is 6.08 Å². The van der Waals surface area contributed by atoms with Crippen LogP contribution in [0.2, 0.25) is 0 Å². The van der Waals surface area contributed by atoms with Gasteiger partial charge in [0.05, 0.1) is 5.57 Å². The highest BCUT2D eigenvalue weighted by Crippen LogP contribution is 2.28. The number of hydrogen-bond donors (Lipinski definition) is 3. The fourth-order valence-electron chi connectivity index (χ4n) is 1.46. The standard InChI is InChI=1S/C9H7NO8/c11-6(12)4-1-2-9(8(15)16,10(17)18)3-5(4)7(13)14/h1-4H,(H,11,12)(H,13,14)(H,15,16). The van der Waals surface area contributed by atoms with Crippen LogP contribution in [0.3, 0.4) is 0 Å². The smallest absolute Gasteiger partial charge is 0.391 e. The molecule has 3 N–H and O–H groups in total. The molecule has 0 aromatic rings. The topological polar surface area (TPSA) is 155 Å². The number of carbonyl (C=O) groups is 3. The first-order chi connectivity index (χ1) is 8.22. The highest BCUT2D eigenvalue weighted by Gasteiger charge is 2.51. The number of aliphatic carboxylic acids is 3. The summed E-state index contributed by atoms with van der Waals surface area (Å²) in [6.07, 6.45) is 1.57. The van der Waals surface area contributed by atoms with Crippen LogP contribution in [0.4, 0.5) is 0 Å². The minimum absolute atomic E-state index is 0.330. The summed E-state index contributed by atoms with van der Waals surface area (Å²) in [7, 11) is 0. The number of nitro groups is 1. The van der Waals surface area contributed by atoms with Crippen LogP contribution in [0, 0.1) is 16.0 Å². The normalized spacial score (nSPS) is 26.2. The zero-order chi connectivity index (χ0) is 14.1. The second-order valence-electron chi connectivity index (χ2n) is 3.47. The number of hydrogen-bond acceptors (Lipinski definition) is 5. The molecule has 1 aliphatic rings. The predicted molar refractivity (Wildman–Crippen MR) is 53.3 cm³/mol. The molecule has 0 bridgehead atoms. The molecule has 0 radical (unpaired) electrons. The number of nitrogens with zero attached hydrogens (tertiary/aromatic N) is 1. The van der Waals surface area contributed by atoms with E-state index in [1.807, 2.05) is 0 Å². The fourth-order valence-corrected chi connectivity index (χ4v) is 1.46. The van der Waals surface area contributed by atoms with Gasteiger partial charge in [0, 0.05) is 17.1 Å². The molecule has 9 nitrogen and oxygen atoms in total. The van der Waals surface area contributed by atoms with Gasteiger partial charge in [-0.25, -0.2) is 9.59 Å². The number of carboxylic acids is 3. The van der Waals surface area contributed by atoms with Crippen molar-refractivity contribution in [3.05, 3.63) is 33.9 Å². The largest absolute Gasteiger partial charge is 0.481 e. The van der Waals surface area contributed by atoms with E-state index in [1.54, 1.807) is 0 Å². The molecule has 96 valence electrons. The lowest BCUT2D eigenvalue weighted by Gasteiger charge is -2.20. The Morgan fingerprint density at radius 1 is 1.28 bits per heavy atom. The molecule has 1 aliphatic carbocycles. The van der Waals surface area contributed by atoms with Gasteiger partial charge in [0.25, 0.3) is 0 Å². The fraction of sp³-hybridized carbons (Fsp3) is 0.222. The molecule has 0 aliphatic heterocycles. The van der Waals surface area contributed by atoms with Gasteiger partial charge >= 0.3 is 23.4 Å². The van der Waals surface area contributed by atoms with Crippen molar-refractivity contribution in [2.24, 2.45) is 5.92 Å². The number of rotatable bonds is 4. The van der Waals surface area contributed by atoms with Gasteiger partial charge in [-0.05, 0) is 0 Å². The Bertz CT molecular complexity index is 489. The molecule has 1 rings (SSSR count). The zero-order valence-corrected chi connectivity index (χ0v) is 8.64. The molecule has 0 spiro atoms. The first kappa shape index (κ1) is 13.4. The Balaban J connectivity index is 3.42. The molecule has 2 unspecified atom stereocenters. The van der Waals surface area contributed by atoms with Gasteiger partial charge in [0.1, 0.15) is 5.92 Å². The molecule has 18 heavy (non-hydrogen) atoms. The summed E-state index contributed by atoms with van der Waals surface area (Å²) >= 11 is 0. The van der Waals surface area contributed by atoms with Crippen molar-refractivity contribution in [1.82, 2.24) is 0 Å². The van der Waals surface area contributed by atoms with E-state index in [-0.39, 0.29) is 0 Å². The summed E-state index contributed by atoms with van der Waals surface area (Å²) in [6, 6.07) is 0. The highest BCUT2D eigenvalue weighted by molar-refractivity contribution is 5.98. The van der Waals surface area contributed by atoms with Crippen molar-refractivity contribution in [3.8, 4) is 0 Å². The molecule has 0 saturated heterocycles. The van der Waals surface area contributed by atoms with Crippen LogP contribution in [0.15, 0.2) is 23.8 Å². The molecule has 0 heterocycles.